The van der Waals surface area contributed by atoms with Gasteiger partial charge in [-0.3, -0.25) is 0 Å². The summed E-state index contributed by atoms with van der Waals surface area (Å²) in [5, 5.41) is 0. The molecule has 0 aromatic heterocycles. The Hall–Kier alpha value is -1.04. The van der Waals surface area contributed by atoms with Crippen LogP contribution in [0, 0.1) is 29.6 Å². The predicted molar refractivity (Wildman–Crippen MR) is 140 cm³/mol. The van der Waals surface area contributed by atoms with E-state index in [0.29, 0.717) is 0 Å². The van der Waals surface area contributed by atoms with Crippen molar-refractivity contribution in [3.05, 3.63) is 48.0 Å². The molecule has 0 radical (unpaired) electrons. The van der Waals surface area contributed by atoms with Crippen molar-refractivity contribution in [2.24, 2.45) is 29.6 Å². The fraction of sp³-hybridized carbons (Fsp3) is 0.750. The minimum absolute atomic E-state index is 0.818. The van der Waals surface area contributed by atoms with E-state index in [1.54, 1.807) is 50.5 Å². The second-order valence-electron chi connectivity index (χ2n) is 11.9. The third-order valence-corrected chi connectivity index (χ3v) is 9.72. The molecule has 178 valence electrons. The standard InChI is InChI=1S/C32H50/c1-3-5-6-8-26-9-11-27(12-10-26)13-14-28-17-20-32-24-31(22-21-30(32)23-28)29-18-15-25(7-4-2)16-19-29/h4,15-16,18-19,26-28,30-32H,2-3,5-14,17,20-24H2,1H3. The van der Waals surface area contributed by atoms with Gasteiger partial charge in [-0.05, 0) is 85.2 Å². The molecule has 0 heteroatoms. The highest BCUT2D eigenvalue weighted by atomic mass is 14.4. The summed E-state index contributed by atoms with van der Waals surface area (Å²) in [4.78, 5) is 0. The van der Waals surface area contributed by atoms with Gasteiger partial charge in [-0.25, -0.2) is 0 Å². The average molecular weight is 435 g/mol. The summed E-state index contributed by atoms with van der Waals surface area (Å²) in [5.74, 6) is 6.05. The topological polar surface area (TPSA) is 0 Å². The van der Waals surface area contributed by atoms with Gasteiger partial charge >= 0.3 is 0 Å². The van der Waals surface area contributed by atoms with Crippen molar-refractivity contribution in [2.75, 3.05) is 0 Å². The van der Waals surface area contributed by atoms with E-state index >= 15 is 0 Å². The van der Waals surface area contributed by atoms with Gasteiger partial charge in [-0.1, -0.05) is 108 Å². The Morgan fingerprint density at radius 2 is 1.34 bits per heavy atom. The molecule has 0 bridgehead atoms. The fourth-order valence-corrected chi connectivity index (χ4v) is 7.61. The molecule has 0 spiro atoms. The lowest BCUT2D eigenvalue weighted by Crippen LogP contribution is -2.30. The van der Waals surface area contributed by atoms with Crippen LogP contribution in [-0.2, 0) is 6.42 Å². The van der Waals surface area contributed by atoms with Gasteiger partial charge in [-0.15, -0.1) is 6.58 Å². The Labute approximate surface area is 199 Å². The molecule has 0 amide bonds. The van der Waals surface area contributed by atoms with Crippen molar-refractivity contribution >= 4 is 0 Å². The van der Waals surface area contributed by atoms with Crippen LogP contribution in [0.5, 0.6) is 0 Å². The van der Waals surface area contributed by atoms with Crippen molar-refractivity contribution in [2.45, 2.75) is 122 Å². The Morgan fingerprint density at radius 3 is 2.06 bits per heavy atom. The van der Waals surface area contributed by atoms with Gasteiger partial charge in [0.15, 0.2) is 0 Å². The first-order valence-electron chi connectivity index (χ1n) is 14.4. The first kappa shape index (κ1) is 24.1. The Bertz CT molecular complexity index is 662. The van der Waals surface area contributed by atoms with Crippen LogP contribution in [0.15, 0.2) is 36.9 Å². The van der Waals surface area contributed by atoms with Gasteiger partial charge in [0.2, 0.25) is 0 Å². The summed E-state index contributed by atoms with van der Waals surface area (Å²) in [5.41, 5.74) is 3.01. The number of allylic oxidation sites excluding steroid dienone is 1. The first-order valence-corrected chi connectivity index (χ1v) is 14.4. The van der Waals surface area contributed by atoms with E-state index in [4.69, 9.17) is 0 Å². The van der Waals surface area contributed by atoms with Crippen LogP contribution in [0.4, 0.5) is 0 Å². The molecule has 3 aliphatic rings. The van der Waals surface area contributed by atoms with E-state index in [0.717, 1.165) is 41.9 Å². The number of benzene rings is 1. The van der Waals surface area contributed by atoms with E-state index in [9.17, 15) is 0 Å². The molecule has 3 aliphatic carbocycles. The largest absolute Gasteiger partial charge is 0.103 e. The lowest BCUT2D eigenvalue weighted by Gasteiger charge is -2.43. The Balaban J connectivity index is 1.15. The Kier molecular flexibility index (Phi) is 9.36. The second kappa shape index (κ2) is 12.4. The van der Waals surface area contributed by atoms with Crippen molar-refractivity contribution in [3.8, 4) is 0 Å². The molecule has 0 saturated heterocycles. The molecule has 0 N–H and O–H groups in total. The van der Waals surface area contributed by atoms with Crippen molar-refractivity contribution < 1.29 is 0 Å². The molecule has 4 rings (SSSR count). The van der Waals surface area contributed by atoms with Crippen LogP contribution in [0.3, 0.4) is 0 Å². The number of hydrogen-bond acceptors (Lipinski definition) is 0. The number of rotatable bonds is 10. The van der Waals surface area contributed by atoms with Gasteiger partial charge < -0.3 is 0 Å². The third kappa shape index (κ3) is 6.74. The van der Waals surface area contributed by atoms with Gasteiger partial charge in [-0.2, -0.15) is 0 Å². The molecule has 0 aliphatic heterocycles. The minimum Gasteiger partial charge on any atom is -0.103 e. The summed E-state index contributed by atoms with van der Waals surface area (Å²) in [6.07, 6.45) is 27.1. The smallest absolute Gasteiger partial charge is 0.0100 e. The zero-order valence-corrected chi connectivity index (χ0v) is 21.1. The molecule has 0 nitrogen and oxygen atoms in total. The summed E-state index contributed by atoms with van der Waals surface area (Å²) in [6.45, 7) is 6.21. The fourth-order valence-electron chi connectivity index (χ4n) is 7.61. The summed E-state index contributed by atoms with van der Waals surface area (Å²) in [7, 11) is 0. The lowest BCUT2D eigenvalue weighted by atomic mass is 9.63. The third-order valence-electron chi connectivity index (χ3n) is 9.72. The van der Waals surface area contributed by atoms with E-state index in [1.165, 1.54) is 63.4 Å². The molecule has 1 aromatic carbocycles. The van der Waals surface area contributed by atoms with Gasteiger partial charge in [0.25, 0.3) is 0 Å². The zero-order chi connectivity index (χ0) is 22.2. The van der Waals surface area contributed by atoms with Crippen LogP contribution in [0.2, 0.25) is 0 Å². The summed E-state index contributed by atoms with van der Waals surface area (Å²) in [6, 6.07) is 9.49. The van der Waals surface area contributed by atoms with E-state index < -0.39 is 0 Å². The molecule has 0 heterocycles. The highest BCUT2D eigenvalue weighted by Crippen LogP contribution is 2.49. The highest BCUT2D eigenvalue weighted by Gasteiger charge is 2.36. The van der Waals surface area contributed by atoms with Crippen molar-refractivity contribution in [1.29, 1.82) is 0 Å². The SMILES string of the molecule is C=CCc1ccc(C2CCC3CC(CCC4CCC(CCCCC)CC4)CCC3C2)cc1. The van der Waals surface area contributed by atoms with Crippen LogP contribution in [0.25, 0.3) is 0 Å². The molecular weight excluding hydrogens is 384 g/mol. The van der Waals surface area contributed by atoms with Crippen LogP contribution < -0.4 is 0 Å². The van der Waals surface area contributed by atoms with Crippen LogP contribution in [-0.4, -0.2) is 0 Å². The molecule has 1 aromatic rings. The van der Waals surface area contributed by atoms with E-state index in [1.807, 2.05) is 6.08 Å². The first-order chi connectivity index (χ1) is 15.7. The molecule has 4 unspecified atom stereocenters. The van der Waals surface area contributed by atoms with Gasteiger partial charge in [0.1, 0.15) is 0 Å². The second-order valence-corrected chi connectivity index (χ2v) is 11.9. The molecule has 3 saturated carbocycles. The van der Waals surface area contributed by atoms with Crippen molar-refractivity contribution in [3.63, 3.8) is 0 Å². The van der Waals surface area contributed by atoms with Gasteiger partial charge in [0, 0.05) is 0 Å². The van der Waals surface area contributed by atoms with Crippen LogP contribution in [0.1, 0.15) is 127 Å². The van der Waals surface area contributed by atoms with E-state index in [2.05, 4.69) is 37.8 Å². The molecule has 32 heavy (non-hydrogen) atoms. The van der Waals surface area contributed by atoms with Crippen LogP contribution >= 0.6 is 0 Å². The summed E-state index contributed by atoms with van der Waals surface area (Å²) < 4.78 is 0. The highest BCUT2D eigenvalue weighted by molar-refractivity contribution is 5.27. The number of unbranched alkanes of at least 4 members (excludes halogenated alkanes) is 2. The average Bonchev–Trinajstić information content (AvgIpc) is 2.84. The van der Waals surface area contributed by atoms with E-state index in [-0.39, 0.29) is 0 Å². The maximum atomic E-state index is 3.87. The number of hydrogen-bond donors (Lipinski definition) is 0. The molecular formula is C32H50. The summed E-state index contributed by atoms with van der Waals surface area (Å²) >= 11 is 0. The predicted octanol–water partition coefficient (Wildman–Crippen LogP) is 9.88. The number of fused-ring (bicyclic) bond motifs is 1. The molecule has 4 atom stereocenters. The Morgan fingerprint density at radius 1 is 0.719 bits per heavy atom. The van der Waals surface area contributed by atoms with Crippen molar-refractivity contribution in [1.82, 2.24) is 0 Å². The zero-order valence-electron chi connectivity index (χ0n) is 21.1. The lowest BCUT2D eigenvalue weighted by molar-refractivity contribution is 0.108. The molecule has 3 fully saturated rings. The normalized spacial score (nSPS) is 32.9. The maximum Gasteiger partial charge on any atom is -0.0100 e. The monoisotopic (exact) mass is 434 g/mol. The minimum atomic E-state index is 0.818. The quantitative estimate of drug-likeness (QED) is 0.254. The van der Waals surface area contributed by atoms with Gasteiger partial charge in [0.05, 0.1) is 0 Å². The maximum absolute atomic E-state index is 3.87.